The molecule has 2 N–H and O–H groups in total. The van der Waals surface area contributed by atoms with E-state index in [1.807, 2.05) is 4.72 Å². The third-order valence-electron chi connectivity index (χ3n) is 3.33. The number of anilines is 2. The highest BCUT2D eigenvalue weighted by Crippen LogP contribution is 2.21. The molecule has 2 heterocycles. The molecule has 11 nitrogen and oxygen atoms in total. The number of hydrogen-bond donors (Lipinski definition) is 2. The summed E-state index contributed by atoms with van der Waals surface area (Å²) in [4.78, 5) is 36.4. The van der Waals surface area contributed by atoms with Gasteiger partial charge in [0.25, 0.3) is 10.0 Å². The van der Waals surface area contributed by atoms with Crippen molar-refractivity contribution in [1.29, 1.82) is 0 Å². The number of aryl methyl sites for hydroxylation is 1. The molecule has 0 aliphatic heterocycles. The summed E-state index contributed by atoms with van der Waals surface area (Å²) in [7, 11) is -1.58. The number of nitrogens with one attached hydrogen (secondary N) is 2. The predicted octanol–water partition coefficient (Wildman–Crippen LogP) is 0.682. The molecule has 12 heteroatoms. The molecule has 3 amide bonds. The molecule has 0 unspecified atom stereocenters. The monoisotopic (exact) mass is 394 g/mol. The van der Waals surface area contributed by atoms with Crippen LogP contribution in [0.3, 0.4) is 0 Å². The molecule has 0 fully saturated rings. The largest absolute Gasteiger partial charge is 0.481 e. The van der Waals surface area contributed by atoms with E-state index in [1.165, 1.54) is 45.5 Å². The number of nitrogens with zero attached hydrogens (tertiary/aromatic N) is 4. The van der Waals surface area contributed by atoms with Crippen molar-refractivity contribution in [1.82, 2.24) is 19.7 Å². The number of carbonyl (C=O) groups excluding carboxylic acids is 2. The molecule has 27 heavy (non-hydrogen) atoms. The molecule has 144 valence electrons. The summed E-state index contributed by atoms with van der Waals surface area (Å²) in [5, 5.41) is 1.74. The van der Waals surface area contributed by atoms with Crippen LogP contribution in [0.5, 0.6) is 5.88 Å². The smallest absolute Gasteiger partial charge is 0.335 e. The van der Waals surface area contributed by atoms with Crippen LogP contribution in [0.4, 0.5) is 16.4 Å². The highest BCUT2D eigenvalue weighted by molar-refractivity contribution is 7.90. The molecule has 0 atom stereocenters. The third kappa shape index (κ3) is 4.88. The van der Waals surface area contributed by atoms with Crippen molar-refractivity contribution in [3.63, 3.8) is 0 Å². The van der Waals surface area contributed by atoms with Gasteiger partial charge >= 0.3 is 6.03 Å². The van der Waals surface area contributed by atoms with Gasteiger partial charge in [-0.3, -0.25) is 10.1 Å². The number of pyridine rings is 1. The predicted molar refractivity (Wildman–Crippen MR) is 96.0 cm³/mol. The van der Waals surface area contributed by atoms with Gasteiger partial charge in [-0.25, -0.2) is 19.5 Å². The standard InChI is InChI=1S/C15H18N6O5S/c1-9-8-12(26-4)18-14(17-9)19-15(23)20-27(24,25)13-11(6-5-7-16-13)21(3)10(2)22/h5-8H,1-4H3,(H2,17,18,19,20,23). The Hall–Kier alpha value is -3.28. The number of carbonyl (C=O) groups is 2. The zero-order valence-electron chi connectivity index (χ0n) is 15.0. The number of amides is 3. The Labute approximate surface area is 155 Å². The third-order valence-corrected chi connectivity index (χ3v) is 4.61. The number of urea groups is 1. The first-order valence-corrected chi connectivity index (χ1v) is 9.05. The van der Waals surface area contributed by atoms with Crippen LogP contribution in [0.15, 0.2) is 29.4 Å². The van der Waals surface area contributed by atoms with Crippen molar-refractivity contribution in [2.75, 3.05) is 24.4 Å². The van der Waals surface area contributed by atoms with Gasteiger partial charge in [-0.2, -0.15) is 13.4 Å². The maximum Gasteiger partial charge on any atom is 0.335 e. The quantitative estimate of drug-likeness (QED) is 0.753. The summed E-state index contributed by atoms with van der Waals surface area (Å²) in [6, 6.07) is 3.32. The van der Waals surface area contributed by atoms with Crippen LogP contribution < -0.4 is 19.7 Å². The molecule has 0 spiro atoms. The maximum atomic E-state index is 12.5. The summed E-state index contributed by atoms with van der Waals surface area (Å²) >= 11 is 0. The van der Waals surface area contributed by atoms with E-state index in [9.17, 15) is 18.0 Å². The van der Waals surface area contributed by atoms with Gasteiger partial charge in [0.1, 0.15) is 0 Å². The van der Waals surface area contributed by atoms with E-state index in [1.54, 1.807) is 6.92 Å². The minimum absolute atomic E-state index is 0.0266. The van der Waals surface area contributed by atoms with E-state index < -0.39 is 27.0 Å². The van der Waals surface area contributed by atoms with Crippen LogP contribution >= 0.6 is 0 Å². The topological polar surface area (TPSA) is 143 Å². The lowest BCUT2D eigenvalue weighted by Gasteiger charge is -2.18. The summed E-state index contributed by atoms with van der Waals surface area (Å²) in [5.41, 5.74) is 0.536. The van der Waals surface area contributed by atoms with Gasteiger partial charge in [-0.05, 0) is 19.1 Å². The van der Waals surface area contributed by atoms with E-state index in [4.69, 9.17) is 4.74 Å². The molecule has 2 aromatic rings. The first-order valence-electron chi connectivity index (χ1n) is 7.57. The second kappa shape index (κ2) is 7.95. The van der Waals surface area contributed by atoms with Crippen molar-refractivity contribution in [3.8, 4) is 5.88 Å². The van der Waals surface area contributed by atoms with E-state index >= 15 is 0 Å². The fourth-order valence-corrected chi connectivity index (χ4v) is 3.08. The highest BCUT2D eigenvalue weighted by atomic mass is 32.2. The number of sulfonamides is 1. The first kappa shape index (κ1) is 20.0. The Bertz CT molecular complexity index is 978. The molecule has 0 aliphatic rings. The number of methoxy groups -OCH3 is 1. The Morgan fingerprint density at radius 3 is 2.59 bits per heavy atom. The molecule has 2 aromatic heterocycles. The number of ether oxygens (including phenoxy) is 1. The van der Waals surface area contributed by atoms with Gasteiger partial charge in [0.05, 0.1) is 12.8 Å². The minimum Gasteiger partial charge on any atom is -0.481 e. The average molecular weight is 394 g/mol. The summed E-state index contributed by atoms with van der Waals surface area (Å²) in [6.07, 6.45) is 1.23. The van der Waals surface area contributed by atoms with Gasteiger partial charge in [-0.15, -0.1) is 0 Å². The minimum atomic E-state index is -4.37. The zero-order chi connectivity index (χ0) is 20.2. The summed E-state index contributed by atoms with van der Waals surface area (Å²) < 4.78 is 31.8. The van der Waals surface area contributed by atoms with E-state index in [0.717, 1.165) is 4.90 Å². The van der Waals surface area contributed by atoms with E-state index in [-0.39, 0.29) is 17.5 Å². The highest BCUT2D eigenvalue weighted by Gasteiger charge is 2.26. The SMILES string of the molecule is COc1cc(C)nc(NC(=O)NS(=O)(=O)c2ncccc2N(C)C(C)=O)n1. The fourth-order valence-electron chi connectivity index (χ4n) is 2.01. The number of aromatic nitrogens is 3. The van der Waals surface area contributed by atoms with Gasteiger partial charge in [-0.1, -0.05) is 0 Å². The van der Waals surface area contributed by atoms with Crippen LogP contribution in [-0.4, -0.2) is 49.5 Å². The zero-order valence-corrected chi connectivity index (χ0v) is 15.9. The van der Waals surface area contributed by atoms with Gasteiger partial charge in [0.2, 0.25) is 17.7 Å². The van der Waals surface area contributed by atoms with Crippen LogP contribution in [0.2, 0.25) is 0 Å². The molecule has 0 bridgehead atoms. The van der Waals surface area contributed by atoms with Crippen molar-refractivity contribution in [3.05, 3.63) is 30.1 Å². The number of rotatable bonds is 5. The summed E-state index contributed by atoms with van der Waals surface area (Å²) in [5.74, 6) is -0.332. The van der Waals surface area contributed by atoms with Crippen molar-refractivity contribution < 1.29 is 22.7 Å². The van der Waals surface area contributed by atoms with Crippen molar-refractivity contribution in [2.24, 2.45) is 0 Å². The van der Waals surface area contributed by atoms with E-state index in [0.29, 0.717) is 5.69 Å². The van der Waals surface area contributed by atoms with Crippen LogP contribution in [0.25, 0.3) is 0 Å². The lowest BCUT2D eigenvalue weighted by molar-refractivity contribution is -0.116. The molecule has 0 saturated carbocycles. The Morgan fingerprint density at radius 2 is 1.96 bits per heavy atom. The fraction of sp³-hybridized carbons (Fsp3) is 0.267. The van der Waals surface area contributed by atoms with Crippen molar-refractivity contribution in [2.45, 2.75) is 18.9 Å². The molecule has 2 rings (SSSR count). The maximum absolute atomic E-state index is 12.5. The second-order valence-electron chi connectivity index (χ2n) is 5.34. The molecule has 0 radical (unpaired) electrons. The number of hydrogen-bond acceptors (Lipinski definition) is 8. The van der Waals surface area contributed by atoms with Crippen LogP contribution in [0, 0.1) is 6.92 Å². The molecular formula is C15H18N6O5S. The van der Waals surface area contributed by atoms with Gasteiger partial charge in [0.15, 0.2) is 5.03 Å². The van der Waals surface area contributed by atoms with Crippen LogP contribution in [-0.2, 0) is 14.8 Å². The molecule has 0 saturated heterocycles. The normalized spacial score (nSPS) is 10.8. The van der Waals surface area contributed by atoms with Crippen molar-refractivity contribution >= 4 is 33.6 Å². The van der Waals surface area contributed by atoms with Crippen LogP contribution in [0.1, 0.15) is 12.6 Å². The van der Waals surface area contributed by atoms with Gasteiger partial charge in [0, 0.05) is 31.9 Å². The first-order chi connectivity index (χ1) is 12.6. The lowest BCUT2D eigenvalue weighted by atomic mass is 10.4. The Balaban J connectivity index is 2.25. The van der Waals surface area contributed by atoms with Gasteiger partial charge < -0.3 is 9.64 Å². The summed E-state index contributed by atoms with van der Waals surface area (Å²) in [6.45, 7) is 2.92. The molecular weight excluding hydrogens is 376 g/mol. The van der Waals surface area contributed by atoms with E-state index in [2.05, 4.69) is 20.3 Å². The average Bonchev–Trinajstić information content (AvgIpc) is 2.59. The Morgan fingerprint density at radius 1 is 1.26 bits per heavy atom. The second-order valence-corrected chi connectivity index (χ2v) is 6.94. The molecule has 0 aliphatic carbocycles. The lowest BCUT2D eigenvalue weighted by Crippen LogP contribution is -2.36. The Kier molecular flexibility index (Phi) is 5.90. The molecule has 0 aromatic carbocycles.